The maximum absolute atomic E-state index is 13.8. The maximum Gasteiger partial charge on any atom is 0.203 e. The van der Waals surface area contributed by atoms with Gasteiger partial charge in [-0.3, -0.25) is 4.79 Å². The van der Waals surface area contributed by atoms with Crippen LogP contribution in [0.15, 0.2) is 71.5 Å². The lowest BCUT2D eigenvalue weighted by Gasteiger charge is -2.03. The monoisotopic (exact) mass is 325 g/mol. The molecule has 112 valence electrons. The molecule has 1 heterocycles. The van der Waals surface area contributed by atoms with Crippen LogP contribution in [0.5, 0.6) is 0 Å². The molecule has 4 rings (SSSR count). The van der Waals surface area contributed by atoms with Crippen LogP contribution >= 0.6 is 10.5 Å². The molecular weight excluding hydrogens is 314 g/mol. The molecule has 0 fully saturated rings. The van der Waals surface area contributed by atoms with Crippen LogP contribution in [-0.4, -0.2) is 0 Å². The van der Waals surface area contributed by atoms with Gasteiger partial charge < -0.3 is 0 Å². The maximum atomic E-state index is 13.8. The van der Waals surface area contributed by atoms with E-state index in [4.69, 9.17) is 0 Å². The van der Waals surface area contributed by atoms with Gasteiger partial charge in [-0.05, 0) is 36.4 Å². The zero-order valence-corrected chi connectivity index (χ0v) is 12.7. The molecule has 0 unspecified atom stereocenters. The summed E-state index contributed by atoms with van der Waals surface area (Å²) in [5, 5.41) is 0.968. The highest BCUT2D eigenvalue weighted by Crippen LogP contribution is 2.43. The first kappa shape index (κ1) is 14.0. The van der Waals surface area contributed by atoms with E-state index in [0.29, 0.717) is 20.2 Å². The third-order valence-corrected chi connectivity index (χ3v) is 6.09. The molecule has 0 aliphatic carbocycles. The van der Waals surface area contributed by atoms with Gasteiger partial charge in [0.1, 0.15) is 11.6 Å². The SMILES string of the molecule is O=c1c2ccc(F)cc2[s+](-c2ccccc2)c2cc(F)ccc12. The van der Waals surface area contributed by atoms with Crippen molar-refractivity contribution in [2.24, 2.45) is 0 Å². The summed E-state index contributed by atoms with van der Waals surface area (Å²) < 4.78 is 28.8. The normalized spacial score (nSPS) is 11.2. The quantitative estimate of drug-likeness (QED) is 0.340. The number of rotatable bonds is 1. The van der Waals surface area contributed by atoms with Crippen molar-refractivity contribution in [2.45, 2.75) is 0 Å². The number of halogens is 2. The summed E-state index contributed by atoms with van der Waals surface area (Å²) >= 11 is 0. The fourth-order valence-electron chi connectivity index (χ4n) is 2.78. The molecule has 0 amide bonds. The van der Waals surface area contributed by atoms with Gasteiger partial charge in [-0.25, -0.2) is 8.78 Å². The molecular formula is C19H11F2OS+. The van der Waals surface area contributed by atoms with E-state index >= 15 is 0 Å². The summed E-state index contributed by atoms with van der Waals surface area (Å²) in [5.41, 5.74) is -0.185. The van der Waals surface area contributed by atoms with Crippen LogP contribution in [0.4, 0.5) is 8.78 Å². The molecule has 0 atom stereocenters. The lowest BCUT2D eigenvalue weighted by atomic mass is 10.2. The molecule has 0 aliphatic heterocycles. The second kappa shape index (κ2) is 5.25. The standard InChI is InChI=1S/C19H11F2OS/c20-12-6-8-15-17(10-12)23(14-4-2-1-3-5-14)18-11-13(21)7-9-16(18)19(15)22/h1-11H/q+1. The van der Waals surface area contributed by atoms with Crippen molar-refractivity contribution < 1.29 is 8.78 Å². The summed E-state index contributed by atoms with van der Waals surface area (Å²) in [7, 11) is -0.700. The van der Waals surface area contributed by atoms with E-state index in [1.165, 1.54) is 36.4 Å². The molecule has 1 aromatic heterocycles. The highest BCUT2D eigenvalue weighted by Gasteiger charge is 2.23. The summed E-state index contributed by atoms with van der Waals surface area (Å²) in [6.07, 6.45) is 0. The highest BCUT2D eigenvalue weighted by molar-refractivity contribution is 7.49. The van der Waals surface area contributed by atoms with Gasteiger partial charge in [-0.15, -0.1) is 0 Å². The Bertz CT molecular complexity index is 1040. The lowest BCUT2D eigenvalue weighted by molar-refractivity contribution is 0.630. The van der Waals surface area contributed by atoms with Crippen molar-refractivity contribution in [2.75, 3.05) is 0 Å². The summed E-state index contributed by atoms with van der Waals surface area (Å²) in [6.45, 7) is 0. The average Bonchev–Trinajstić information content (AvgIpc) is 2.55. The highest BCUT2D eigenvalue weighted by atomic mass is 32.2. The van der Waals surface area contributed by atoms with E-state index in [1.807, 2.05) is 30.3 Å². The van der Waals surface area contributed by atoms with Gasteiger partial charge in [0, 0.05) is 22.6 Å². The number of hydrogen-bond acceptors (Lipinski definition) is 1. The molecule has 0 saturated carbocycles. The summed E-state index contributed by atoms with van der Waals surface area (Å²) in [5.74, 6) is -0.797. The molecule has 3 aromatic carbocycles. The fourth-order valence-corrected chi connectivity index (χ4v) is 5.18. The minimum Gasteiger partial charge on any atom is -0.288 e. The first-order valence-corrected chi connectivity index (χ1v) is 8.31. The number of benzene rings is 3. The Morgan fingerprint density at radius 2 is 1.22 bits per heavy atom. The van der Waals surface area contributed by atoms with Crippen LogP contribution in [0.1, 0.15) is 0 Å². The summed E-state index contributed by atoms with van der Waals surface area (Å²) in [6, 6.07) is 17.9. The predicted octanol–water partition coefficient (Wildman–Crippen LogP) is 5.37. The van der Waals surface area contributed by atoms with Crippen LogP contribution in [0, 0.1) is 11.6 Å². The molecule has 0 N–H and O–H groups in total. The topological polar surface area (TPSA) is 17.1 Å². The smallest absolute Gasteiger partial charge is 0.203 e. The summed E-state index contributed by atoms with van der Waals surface area (Å²) in [4.78, 5) is 13.6. The van der Waals surface area contributed by atoms with E-state index in [2.05, 4.69) is 0 Å². The van der Waals surface area contributed by atoms with E-state index in [9.17, 15) is 13.6 Å². The fraction of sp³-hybridized carbons (Fsp3) is 0. The molecule has 0 aliphatic rings. The van der Waals surface area contributed by atoms with Crippen LogP contribution in [-0.2, 0) is 0 Å². The van der Waals surface area contributed by atoms with Crippen molar-refractivity contribution in [3.63, 3.8) is 0 Å². The Labute approximate surface area is 133 Å². The van der Waals surface area contributed by atoms with E-state index < -0.39 is 22.1 Å². The van der Waals surface area contributed by atoms with Crippen LogP contribution in [0.25, 0.3) is 25.1 Å². The zero-order valence-electron chi connectivity index (χ0n) is 11.9. The van der Waals surface area contributed by atoms with Crippen molar-refractivity contribution in [3.8, 4) is 4.90 Å². The molecule has 23 heavy (non-hydrogen) atoms. The number of hydrogen-bond donors (Lipinski definition) is 0. The second-order valence-corrected chi connectivity index (χ2v) is 7.19. The molecule has 0 saturated heterocycles. The largest absolute Gasteiger partial charge is 0.288 e. The Kier molecular flexibility index (Phi) is 3.20. The first-order valence-electron chi connectivity index (χ1n) is 7.08. The first-order chi connectivity index (χ1) is 11.1. The van der Waals surface area contributed by atoms with Gasteiger partial charge in [-0.2, -0.15) is 0 Å². The van der Waals surface area contributed by atoms with E-state index in [1.54, 1.807) is 0 Å². The second-order valence-electron chi connectivity index (χ2n) is 5.23. The van der Waals surface area contributed by atoms with Crippen molar-refractivity contribution >= 4 is 30.6 Å². The third kappa shape index (κ3) is 2.23. The lowest BCUT2D eigenvalue weighted by Crippen LogP contribution is -2.02. The van der Waals surface area contributed by atoms with Gasteiger partial charge in [0.05, 0.1) is 10.8 Å². The molecule has 0 radical (unpaired) electrons. The Morgan fingerprint density at radius 1 is 0.696 bits per heavy atom. The minimum atomic E-state index is -0.700. The van der Waals surface area contributed by atoms with Crippen molar-refractivity contribution in [1.82, 2.24) is 0 Å². The predicted molar refractivity (Wildman–Crippen MR) is 91.5 cm³/mol. The van der Waals surface area contributed by atoms with Crippen molar-refractivity contribution in [1.29, 1.82) is 0 Å². The Balaban J connectivity index is 2.32. The molecule has 4 aromatic rings. The molecule has 4 heteroatoms. The minimum absolute atomic E-state index is 0.185. The van der Waals surface area contributed by atoms with Crippen LogP contribution in [0.2, 0.25) is 0 Å². The van der Waals surface area contributed by atoms with E-state index in [0.717, 1.165) is 4.90 Å². The molecule has 0 bridgehead atoms. The van der Waals surface area contributed by atoms with Gasteiger partial charge in [0.2, 0.25) is 5.43 Å². The number of fused-ring (bicyclic) bond motifs is 2. The molecule has 0 spiro atoms. The molecule has 1 nitrogen and oxygen atoms in total. The van der Waals surface area contributed by atoms with Gasteiger partial charge in [0.15, 0.2) is 14.3 Å². The average molecular weight is 325 g/mol. The third-order valence-electron chi connectivity index (χ3n) is 3.80. The van der Waals surface area contributed by atoms with E-state index in [-0.39, 0.29) is 5.43 Å². The van der Waals surface area contributed by atoms with Gasteiger partial charge in [0.25, 0.3) is 0 Å². The Morgan fingerprint density at radius 3 is 1.74 bits per heavy atom. The van der Waals surface area contributed by atoms with Crippen LogP contribution in [0.3, 0.4) is 0 Å². The van der Waals surface area contributed by atoms with Crippen LogP contribution < -0.4 is 5.43 Å². The Hall–Kier alpha value is -2.59. The zero-order chi connectivity index (χ0) is 16.0. The van der Waals surface area contributed by atoms with Gasteiger partial charge >= 0.3 is 0 Å². The van der Waals surface area contributed by atoms with Gasteiger partial charge in [-0.1, -0.05) is 18.2 Å². The van der Waals surface area contributed by atoms with Crippen molar-refractivity contribution in [3.05, 3.63) is 88.6 Å².